The highest BCUT2D eigenvalue weighted by Crippen LogP contribution is 2.29. The summed E-state index contributed by atoms with van der Waals surface area (Å²) in [5, 5.41) is 6.17. The maximum atomic E-state index is 12.7. The zero-order valence-corrected chi connectivity index (χ0v) is 17.5. The lowest BCUT2D eigenvalue weighted by Crippen LogP contribution is -2.37. The maximum Gasteiger partial charge on any atom is 0.416 e. The maximum absolute atomic E-state index is 12.7. The molecule has 2 aromatic rings. The number of rotatable bonds is 6. The van der Waals surface area contributed by atoms with E-state index in [-0.39, 0.29) is 30.5 Å². The van der Waals surface area contributed by atoms with Crippen LogP contribution in [0.15, 0.2) is 53.5 Å². The molecule has 0 aliphatic rings. The Kier molecular flexibility index (Phi) is 9.40. The molecule has 0 unspecified atom stereocenters. The van der Waals surface area contributed by atoms with Gasteiger partial charge in [-0.05, 0) is 41.8 Å². The van der Waals surface area contributed by atoms with E-state index in [1.165, 1.54) is 6.07 Å². The van der Waals surface area contributed by atoms with Crippen molar-refractivity contribution >= 4 is 29.9 Å². The van der Waals surface area contributed by atoms with Crippen LogP contribution in [-0.2, 0) is 19.1 Å². The Morgan fingerprint density at radius 3 is 2.41 bits per heavy atom. The molecule has 0 aliphatic carbocycles. The topological polar surface area (TPSA) is 45.7 Å². The lowest BCUT2D eigenvalue weighted by atomic mass is 10.1. The van der Waals surface area contributed by atoms with Gasteiger partial charge in [0.1, 0.15) is 5.75 Å². The average Bonchev–Trinajstić information content (AvgIpc) is 2.64. The van der Waals surface area contributed by atoms with Crippen LogP contribution in [-0.4, -0.2) is 26.7 Å². The van der Waals surface area contributed by atoms with Gasteiger partial charge in [0.2, 0.25) is 0 Å². The van der Waals surface area contributed by atoms with Gasteiger partial charge in [-0.15, -0.1) is 24.0 Å². The molecule has 0 aromatic heterocycles. The molecule has 0 spiro atoms. The molecule has 0 radical (unpaired) electrons. The van der Waals surface area contributed by atoms with Crippen LogP contribution in [0.2, 0.25) is 0 Å². The van der Waals surface area contributed by atoms with Crippen molar-refractivity contribution < 1.29 is 17.9 Å². The second-order valence-electron chi connectivity index (χ2n) is 5.65. The summed E-state index contributed by atoms with van der Waals surface area (Å²) < 4.78 is 43.4. The van der Waals surface area contributed by atoms with Crippen molar-refractivity contribution in [3.8, 4) is 5.75 Å². The molecule has 2 aromatic carbocycles. The fourth-order valence-corrected chi connectivity index (χ4v) is 2.42. The number of guanidine groups is 1. The third-order valence-electron chi connectivity index (χ3n) is 3.78. The molecule has 2 N–H and O–H groups in total. The molecule has 8 heteroatoms. The number of alkyl halides is 3. The minimum Gasteiger partial charge on any atom is -0.497 e. The summed E-state index contributed by atoms with van der Waals surface area (Å²) in [6.45, 7) is 0.887. The Balaban J connectivity index is 0.00000364. The van der Waals surface area contributed by atoms with Crippen molar-refractivity contribution in [2.45, 2.75) is 19.1 Å². The van der Waals surface area contributed by atoms with Gasteiger partial charge < -0.3 is 15.4 Å². The minimum absolute atomic E-state index is 0. The molecule has 4 nitrogen and oxygen atoms in total. The first-order valence-electron chi connectivity index (χ1n) is 8.16. The Bertz CT molecular complexity index is 751. The fraction of sp³-hybridized carbons (Fsp3) is 0.316. The van der Waals surface area contributed by atoms with E-state index < -0.39 is 11.7 Å². The van der Waals surface area contributed by atoms with Gasteiger partial charge in [-0.3, -0.25) is 4.99 Å². The standard InChI is InChI=1S/C19H22F3N3O.HI/c1-23-18(24-10-9-14-5-4-8-17(12-14)26-2)25-13-15-6-3-7-16(11-15)19(20,21)22;/h3-8,11-12H,9-10,13H2,1-2H3,(H2,23,24,25);1H. The first-order valence-corrected chi connectivity index (χ1v) is 8.16. The number of aliphatic imine (C=N–C) groups is 1. The number of hydrogen-bond acceptors (Lipinski definition) is 2. The molecule has 148 valence electrons. The van der Waals surface area contributed by atoms with Crippen molar-refractivity contribution in [1.82, 2.24) is 10.6 Å². The number of nitrogens with zero attached hydrogens (tertiary/aromatic N) is 1. The van der Waals surface area contributed by atoms with Crippen molar-refractivity contribution in [3.63, 3.8) is 0 Å². The van der Waals surface area contributed by atoms with E-state index in [0.29, 0.717) is 18.1 Å². The van der Waals surface area contributed by atoms with Crippen molar-refractivity contribution in [2.24, 2.45) is 4.99 Å². The van der Waals surface area contributed by atoms with Gasteiger partial charge in [0.05, 0.1) is 12.7 Å². The summed E-state index contributed by atoms with van der Waals surface area (Å²) >= 11 is 0. The molecule has 0 aliphatic heterocycles. The summed E-state index contributed by atoms with van der Waals surface area (Å²) in [4.78, 5) is 4.09. The van der Waals surface area contributed by atoms with Crippen LogP contribution in [0.25, 0.3) is 0 Å². The fourth-order valence-electron chi connectivity index (χ4n) is 2.42. The summed E-state index contributed by atoms with van der Waals surface area (Å²) in [5.74, 6) is 1.33. The highest BCUT2D eigenvalue weighted by atomic mass is 127. The second-order valence-corrected chi connectivity index (χ2v) is 5.65. The Morgan fingerprint density at radius 2 is 1.74 bits per heavy atom. The Labute approximate surface area is 174 Å². The predicted molar refractivity (Wildman–Crippen MR) is 112 cm³/mol. The lowest BCUT2D eigenvalue weighted by molar-refractivity contribution is -0.137. The number of benzene rings is 2. The lowest BCUT2D eigenvalue weighted by Gasteiger charge is -2.13. The van der Waals surface area contributed by atoms with Crippen molar-refractivity contribution in [3.05, 3.63) is 65.2 Å². The highest BCUT2D eigenvalue weighted by Gasteiger charge is 2.30. The number of methoxy groups -OCH3 is 1. The first-order chi connectivity index (χ1) is 12.4. The van der Waals surface area contributed by atoms with Crippen LogP contribution in [0, 0.1) is 0 Å². The van der Waals surface area contributed by atoms with Crippen LogP contribution in [0.3, 0.4) is 0 Å². The third kappa shape index (κ3) is 7.66. The molecular weight excluding hydrogens is 470 g/mol. The molecule has 0 saturated heterocycles. The monoisotopic (exact) mass is 493 g/mol. The van der Waals surface area contributed by atoms with Gasteiger partial charge in [-0.1, -0.05) is 24.3 Å². The zero-order valence-electron chi connectivity index (χ0n) is 15.1. The summed E-state index contributed by atoms with van der Waals surface area (Å²) in [5.41, 5.74) is 0.999. The quantitative estimate of drug-likeness (QED) is 0.360. The van der Waals surface area contributed by atoms with E-state index in [1.807, 2.05) is 24.3 Å². The smallest absolute Gasteiger partial charge is 0.416 e. The molecule has 27 heavy (non-hydrogen) atoms. The summed E-state index contributed by atoms with van der Waals surface area (Å²) in [7, 11) is 3.24. The van der Waals surface area contributed by atoms with E-state index in [1.54, 1.807) is 20.2 Å². The normalized spacial score (nSPS) is 11.5. The van der Waals surface area contributed by atoms with Gasteiger partial charge in [-0.25, -0.2) is 0 Å². The number of hydrogen-bond donors (Lipinski definition) is 2. The van der Waals surface area contributed by atoms with Crippen molar-refractivity contribution in [2.75, 3.05) is 20.7 Å². The van der Waals surface area contributed by atoms with Gasteiger partial charge in [0.25, 0.3) is 0 Å². The van der Waals surface area contributed by atoms with E-state index in [9.17, 15) is 13.2 Å². The molecule has 0 fully saturated rings. The first kappa shape index (κ1) is 23.1. The molecule has 0 saturated carbocycles. The van der Waals surface area contributed by atoms with Crippen LogP contribution in [0.4, 0.5) is 13.2 Å². The Hall–Kier alpha value is -1.97. The van der Waals surface area contributed by atoms with Gasteiger partial charge in [0.15, 0.2) is 5.96 Å². The molecule has 2 rings (SSSR count). The second kappa shape index (κ2) is 11.0. The van der Waals surface area contributed by atoms with E-state index in [2.05, 4.69) is 15.6 Å². The van der Waals surface area contributed by atoms with Gasteiger partial charge in [-0.2, -0.15) is 13.2 Å². The van der Waals surface area contributed by atoms with Crippen LogP contribution >= 0.6 is 24.0 Å². The molecule has 0 bridgehead atoms. The zero-order chi connectivity index (χ0) is 19.0. The van der Waals surface area contributed by atoms with E-state index >= 15 is 0 Å². The SMILES string of the molecule is CN=C(NCCc1cccc(OC)c1)NCc1cccc(C(F)(F)F)c1.I. The number of ether oxygens (including phenoxy) is 1. The summed E-state index contributed by atoms with van der Waals surface area (Å²) in [6, 6.07) is 13.0. The molecular formula is C19H23F3IN3O. The molecule has 0 heterocycles. The van der Waals surface area contributed by atoms with E-state index in [4.69, 9.17) is 4.74 Å². The number of halogens is 4. The van der Waals surface area contributed by atoms with Crippen molar-refractivity contribution in [1.29, 1.82) is 0 Å². The molecule has 0 amide bonds. The van der Waals surface area contributed by atoms with Crippen LogP contribution < -0.4 is 15.4 Å². The summed E-state index contributed by atoms with van der Waals surface area (Å²) in [6.07, 6.45) is -3.58. The predicted octanol–water partition coefficient (Wildman–Crippen LogP) is 4.24. The van der Waals surface area contributed by atoms with Crippen LogP contribution in [0.1, 0.15) is 16.7 Å². The third-order valence-corrected chi connectivity index (χ3v) is 3.78. The van der Waals surface area contributed by atoms with Crippen LogP contribution in [0.5, 0.6) is 5.75 Å². The number of nitrogens with one attached hydrogen (secondary N) is 2. The highest BCUT2D eigenvalue weighted by molar-refractivity contribution is 14.0. The average molecular weight is 493 g/mol. The van der Waals surface area contributed by atoms with Gasteiger partial charge >= 0.3 is 6.18 Å². The van der Waals surface area contributed by atoms with Gasteiger partial charge in [0, 0.05) is 20.1 Å². The Morgan fingerprint density at radius 1 is 1.04 bits per heavy atom. The minimum atomic E-state index is -4.34. The molecule has 0 atom stereocenters. The largest absolute Gasteiger partial charge is 0.497 e. The van der Waals surface area contributed by atoms with E-state index in [0.717, 1.165) is 29.9 Å².